The number of ether oxygens (including phenoxy) is 1. The maximum absolute atomic E-state index is 13.8. The van der Waals surface area contributed by atoms with Crippen molar-refractivity contribution < 1.29 is 22.3 Å². The van der Waals surface area contributed by atoms with E-state index < -0.39 is 24.0 Å². The van der Waals surface area contributed by atoms with Crippen molar-refractivity contribution in [1.29, 1.82) is 0 Å². The summed E-state index contributed by atoms with van der Waals surface area (Å²) in [5, 5.41) is 0. The standard InChI is InChI=1S/C14H17F4NO/c15-12-7-6-10(20-14(16,17)18)8-11(12)13(19)9-4-2-1-3-5-9/h6-9,13H,1-5,19H2/t13-/m0/s1. The summed E-state index contributed by atoms with van der Waals surface area (Å²) in [4.78, 5) is 0. The van der Waals surface area contributed by atoms with Crippen LogP contribution in [0.5, 0.6) is 5.75 Å². The van der Waals surface area contributed by atoms with E-state index in [1.807, 2.05) is 0 Å². The molecule has 1 aromatic carbocycles. The number of alkyl halides is 3. The van der Waals surface area contributed by atoms with Gasteiger partial charge in [-0.1, -0.05) is 19.3 Å². The summed E-state index contributed by atoms with van der Waals surface area (Å²) < 4.78 is 54.2. The monoisotopic (exact) mass is 291 g/mol. The predicted octanol–water partition coefficient (Wildman–Crippen LogP) is 4.30. The van der Waals surface area contributed by atoms with Gasteiger partial charge in [0.2, 0.25) is 0 Å². The number of hydrogen-bond acceptors (Lipinski definition) is 2. The van der Waals surface area contributed by atoms with Gasteiger partial charge in [0, 0.05) is 11.6 Å². The van der Waals surface area contributed by atoms with Crippen LogP contribution in [0.2, 0.25) is 0 Å². The highest BCUT2D eigenvalue weighted by molar-refractivity contribution is 5.32. The van der Waals surface area contributed by atoms with Gasteiger partial charge >= 0.3 is 6.36 Å². The van der Waals surface area contributed by atoms with Crippen molar-refractivity contribution in [2.24, 2.45) is 11.7 Å². The van der Waals surface area contributed by atoms with E-state index >= 15 is 0 Å². The summed E-state index contributed by atoms with van der Waals surface area (Å²) >= 11 is 0. The maximum Gasteiger partial charge on any atom is 0.573 e. The van der Waals surface area contributed by atoms with Crippen molar-refractivity contribution in [2.75, 3.05) is 0 Å². The van der Waals surface area contributed by atoms with Crippen molar-refractivity contribution in [3.63, 3.8) is 0 Å². The van der Waals surface area contributed by atoms with Gasteiger partial charge in [0.1, 0.15) is 11.6 Å². The molecule has 1 fully saturated rings. The number of nitrogens with two attached hydrogens (primary N) is 1. The first-order valence-corrected chi connectivity index (χ1v) is 6.67. The minimum absolute atomic E-state index is 0.0960. The third kappa shape index (κ3) is 3.85. The van der Waals surface area contributed by atoms with E-state index in [-0.39, 0.29) is 11.5 Å². The molecule has 0 aromatic heterocycles. The fourth-order valence-electron chi connectivity index (χ4n) is 2.72. The van der Waals surface area contributed by atoms with Gasteiger partial charge in [0.15, 0.2) is 0 Å². The zero-order chi connectivity index (χ0) is 14.8. The molecule has 20 heavy (non-hydrogen) atoms. The summed E-state index contributed by atoms with van der Waals surface area (Å²) in [6.07, 6.45) is 0.153. The Morgan fingerprint density at radius 2 is 1.80 bits per heavy atom. The predicted molar refractivity (Wildman–Crippen MR) is 66.6 cm³/mol. The Balaban J connectivity index is 2.18. The van der Waals surface area contributed by atoms with Crippen molar-refractivity contribution in [3.05, 3.63) is 29.6 Å². The second kappa shape index (κ2) is 5.99. The molecule has 0 aliphatic heterocycles. The van der Waals surface area contributed by atoms with Crippen molar-refractivity contribution in [2.45, 2.75) is 44.5 Å². The van der Waals surface area contributed by atoms with E-state index in [0.717, 1.165) is 50.3 Å². The lowest BCUT2D eigenvalue weighted by molar-refractivity contribution is -0.274. The van der Waals surface area contributed by atoms with E-state index in [0.29, 0.717) is 0 Å². The molecule has 1 atom stereocenters. The van der Waals surface area contributed by atoms with E-state index in [2.05, 4.69) is 4.74 Å². The van der Waals surface area contributed by atoms with Gasteiger partial charge in [-0.3, -0.25) is 0 Å². The SMILES string of the molecule is N[C@H](c1cc(OC(F)(F)F)ccc1F)C1CCCCC1. The molecule has 6 heteroatoms. The summed E-state index contributed by atoms with van der Waals surface area (Å²) in [6.45, 7) is 0. The molecule has 0 radical (unpaired) electrons. The molecule has 1 aromatic rings. The molecule has 0 spiro atoms. The molecular formula is C14H17F4NO. The second-order valence-electron chi connectivity index (χ2n) is 5.15. The van der Waals surface area contributed by atoms with E-state index in [1.54, 1.807) is 0 Å². The van der Waals surface area contributed by atoms with Crippen LogP contribution in [0.3, 0.4) is 0 Å². The molecule has 2 rings (SSSR count). The number of hydrogen-bond donors (Lipinski definition) is 1. The van der Waals surface area contributed by atoms with Gasteiger partial charge in [-0.15, -0.1) is 13.2 Å². The number of benzene rings is 1. The molecule has 112 valence electrons. The van der Waals surface area contributed by atoms with Crippen LogP contribution in [-0.4, -0.2) is 6.36 Å². The second-order valence-corrected chi connectivity index (χ2v) is 5.15. The highest BCUT2D eigenvalue weighted by Crippen LogP contribution is 2.35. The van der Waals surface area contributed by atoms with Crippen molar-refractivity contribution in [1.82, 2.24) is 0 Å². The Hall–Kier alpha value is -1.30. The molecule has 2 nitrogen and oxygen atoms in total. The smallest absolute Gasteiger partial charge is 0.406 e. The van der Waals surface area contributed by atoms with Gasteiger partial charge in [-0.25, -0.2) is 4.39 Å². The fourth-order valence-corrected chi connectivity index (χ4v) is 2.72. The van der Waals surface area contributed by atoms with Crippen LogP contribution in [0.25, 0.3) is 0 Å². The molecule has 0 amide bonds. The minimum atomic E-state index is -4.79. The van der Waals surface area contributed by atoms with Gasteiger partial charge in [-0.2, -0.15) is 0 Å². The minimum Gasteiger partial charge on any atom is -0.406 e. The summed E-state index contributed by atoms with van der Waals surface area (Å²) in [6, 6.07) is 2.40. The Labute approximate surface area is 114 Å². The zero-order valence-electron chi connectivity index (χ0n) is 10.9. The van der Waals surface area contributed by atoms with Crippen LogP contribution in [-0.2, 0) is 0 Å². The van der Waals surface area contributed by atoms with E-state index in [1.165, 1.54) is 0 Å². The van der Waals surface area contributed by atoms with Crippen LogP contribution in [0, 0.1) is 11.7 Å². The first-order valence-electron chi connectivity index (χ1n) is 6.67. The van der Waals surface area contributed by atoms with Crippen LogP contribution >= 0.6 is 0 Å². The van der Waals surface area contributed by atoms with Gasteiger partial charge < -0.3 is 10.5 Å². The lowest BCUT2D eigenvalue weighted by Gasteiger charge is -2.28. The van der Waals surface area contributed by atoms with Crippen LogP contribution in [0.15, 0.2) is 18.2 Å². The first-order chi connectivity index (χ1) is 9.37. The van der Waals surface area contributed by atoms with Gasteiger partial charge in [0.05, 0.1) is 0 Å². The molecular weight excluding hydrogens is 274 g/mol. The van der Waals surface area contributed by atoms with Gasteiger partial charge in [0.25, 0.3) is 0 Å². The Kier molecular flexibility index (Phi) is 4.52. The van der Waals surface area contributed by atoms with Crippen molar-refractivity contribution in [3.8, 4) is 5.75 Å². The molecule has 1 aliphatic rings. The average molecular weight is 291 g/mol. The largest absolute Gasteiger partial charge is 0.573 e. The summed E-state index contributed by atoms with van der Waals surface area (Å²) in [5.74, 6) is -0.905. The molecule has 0 unspecified atom stereocenters. The lowest BCUT2D eigenvalue weighted by Crippen LogP contribution is -2.25. The lowest BCUT2D eigenvalue weighted by atomic mass is 9.81. The topological polar surface area (TPSA) is 35.2 Å². The van der Waals surface area contributed by atoms with Crippen LogP contribution < -0.4 is 10.5 Å². The molecule has 1 saturated carbocycles. The molecule has 0 bridgehead atoms. The highest BCUT2D eigenvalue weighted by Gasteiger charge is 2.32. The molecule has 0 heterocycles. The quantitative estimate of drug-likeness (QED) is 0.842. The Morgan fingerprint density at radius 1 is 1.15 bits per heavy atom. The Morgan fingerprint density at radius 3 is 2.40 bits per heavy atom. The number of rotatable bonds is 3. The van der Waals surface area contributed by atoms with Crippen LogP contribution in [0.4, 0.5) is 17.6 Å². The maximum atomic E-state index is 13.8. The number of halogens is 4. The van der Waals surface area contributed by atoms with E-state index in [9.17, 15) is 17.6 Å². The normalized spacial score (nSPS) is 18.9. The van der Waals surface area contributed by atoms with Gasteiger partial charge in [-0.05, 0) is 37.0 Å². The van der Waals surface area contributed by atoms with E-state index in [4.69, 9.17) is 5.73 Å². The Bertz CT molecular complexity index is 455. The summed E-state index contributed by atoms with van der Waals surface area (Å²) in [5.41, 5.74) is 6.12. The summed E-state index contributed by atoms with van der Waals surface area (Å²) in [7, 11) is 0. The van der Waals surface area contributed by atoms with Crippen molar-refractivity contribution >= 4 is 0 Å². The molecule has 0 saturated heterocycles. The molecule has 2 N–H and O–H groups in total. The zero-order valence-corrected chi connectivity index (χ0v) is 10.9. The molecule has 1 aliphatic carbocycles. The highest BCUT2D eigenvalue weighted by atomic mass is 19.4. The third-order valence-electron chi connectivity index (χ3n) is 3.72. The average Bonchev–Trinajstić information content (AvgIpc) is 2.40. The third-order valence-corrected chi connectivity index (χ3v) is 3.72. The van der Waals surface area contributed by atoms with Crippen LogP contribution in [0.1, 0.15) is 43.7 Å². The fraction of sp³-hybridized carbons (Fsp3) is 0.571. The first kappa shape index (κ1) is 15.1.